The first-order valence-electron chi connectivity index (χ1n) is 4.95. The second-order valence-corrected chi connectivity index (χ2v) is 5.27. The zero-order valence-corrected chi connectivity index (χ0v) is 9.72. The highest BCUT2D eigenvalue weighted by molar-refractivity contribution is 5.84. The van der Waals surface area contributed by atoms with Crippen LogP contribution in [0.3, 0.4) is 0 Å². The van der Waals surface area contributed by atoms with Gasteiger partial charge in [0.1, 0.15) is 0 Å². The Kier molecular flexibility index (Phi) is 2.39. The number of carbonyl (C=O) groups is 1. The van der Waals surface area contributed by atoms with E-state index in [1.54, 1.807) is 11.9 Å². The summed E-state index contributed by atoms with van der Waals surface area (Å²) in [7, 11) is 1.77. The van der Waals surface area contributed by atoms with Gasteiger partial charge in [0.25, 0.3) is 0 Å². The highest BCUT2D eigenvalue weighted by Gasteiger charge is 2.68. The SMILES string of the molecule is C#CCN(C)C(=O)C1C(C)(C)C1(C)C. The Hall–Kier alpha value is -0.970. The summed E-state index contributed by atoms with van der Waals surface area (Å²) in [6.45, 7) is 8.96. The summed E-state index contributed by atoms with van der Waals surface area (Å²) in [5.41, 5.74) is 0.208. The molecule has 0 bridgehead atoms. The fourth-order valence-corrected chi connectivity index (χ4v) is 2.25. The average Bonchev–Trinajstić information content (AvgIpc) is 2.42. The van der Waals surface area contributed by atoms with E-state index in [9.17, 15) is 4.79 Å². The molecule has 2 heteroatoms. The first-order valence-corrected chi connectivity index (χ1v) is 4.95. The number of hydrogen-bond donors (Lipinski definition) is 0. The van der Waals surface area contributed by atoms with Crippen LogP contribution in [-0.2, 0) is 4.79 Å². The van der Waals surface area contributed by atoms with Crippen molar-refractivity contribution in [2.75, 3.05) is 13.6 Å². The molecule has 78 valence electrons. The van der Waals surface area contributed by atoms with Crippen LogP contribution in [0, 0.1) is 29.1 Å². The van der Waals surface area contributed by atoms with Gasteiger partial charge >= 0.3 is 0 Å². The first kappa shape index (κ1) is 11.1. The molecule has 14 heavy (non-hydrogen) atoms. The van der Waals surface area contributed by atoms with Crippen molar-refractivity contribution in [3.05, 3.63) is 0 Å². The van der Waals surface area contributed by atoms with Crippen LogP contribution < -0.4 is 0 Å². The number of hydrogen-bond acceptors (Lipinski definition) is 1. The lowest BCUT2D eigenvalue weighted by molar-refractivity contribution is -0.131. The first-order chi connectivity index (χ1) is 6.26. The molecule has 0 radical (unpaired) electrons. The summed E-state index contributed by atoms with van der Waals surface area (Å²) in [4.78, 5) is 13.6. The Labute approximate surface area is 86.7 Å². The summed E-state index contributed by atoms with van der Waals surface area (Å²) in [6, 6.07) is 0. The Balaban J connectivity index is 2.72. The monoisotopic (exact) mass is 193 g/mol. The molecule has 1 amide bonds. The van der Waals surface area contributed by atoms with Crippen molar-refractivity contribution in [3.63, 3.8) is 0 Å². The van der Waals surface area contributed by atoms with E-state index in [1.807, 2.05) is 0 Å². The Morgan fingerprint density at radius 2 is 1.79 bits per heavy atom. The van der Waals surface area contributed by atoms with Crippen molar-refractivity contribution in [2.45, 2.75) is 27.7 Å². The van der Waals surface area contributed by atoms with E-state index in [-0.39, 0.29) is 22.7 Å². The molecule has 1 saturated carbocycles. The van der Waals surface area contributed by atoms with Gasteiger partial charge in [-0.25, -0.2) is 0 Å². The van der Waals surface area contributed by atoms with Crippen LogP contribution >= 0.6 is 0 Å². The van der Waals surface area contributed by atoms with Crippen LogP contribution in [0.1, 0.15) is 27.7 Å². The zero-order chi connectivity index (χ0) is 11.1. The fourth-order valence-electron chi connectivity index (χ4n) is 2.25. The van der Waals surface area contributed by atoms with Gasteiger partial charge in [0.15, 0.2) is 0 Å². The Morgan fingerprint density at radius 1 is 1.36 bits per heavy atom. The lowest BCUT2D eigenvalue weighted by atomic mass is 10.0. The third-order valence-corrected chi connectivity index (χ3v) is 3.97. The third-order valence-electron chi connectivity index (χ3n) is 3.97. The van der Waals surface area contributed by atoms with Gasteiger partial charge in [-0.3, -0.25) is 4.79 Å². The molecule has 1 aliphatic rings. The number of nitrogens with zero attached hydrogens (tertiary/aromatic N) is 1. The summed E-state index contributed by atoms with van der Waals surface area (Å²) in [6.07, 6.45) is 5.18. The molecular formula is C12H19NO. The molecular weight excluding hydrogens is 174 g/mol. The minimum atomic E-state index is 0.104. The maximum Gasteiger partial charge on any atom is 0.227 e. The van der Waals surface area contributed by atoms with Crippen molar-refractivity contribution in [1.29, 1.82) is 0 Å². The molecule has 0 unspecified atom stereocenters. The molecule has 2 nitrogen and oxygen atoms in total. The largest absolute Gasteiger partial charge is 0.334 e. The van der Waals surface area contributed by atoms with Gasteiger partial charge in [-0.05, 0) is 10.8 Å². The molecule has 1 aliphatic carbocycles. The quantitative estimate of drug-likeness (QED) is 0.612. The highest BCUT2D eigenvalue weighted by Crippen LogP contribution is 2.68. The summed E-state index contributed by atoms with van der Waals surface area (Å²) in [5, 5.41) is 0. The molecule has 0 aliphatic heterocycles. The number of rotatable bonds is 2. The Morgan fingerprint density at radius 3 is 2.07 bits per heavy atom. The van der Waals surface area contributed by atoms with E-state index in [2.05, 4.69) is 33.6 Å². The van der Waals surface area contributed by atoms with Gasteiger partial charge in [-0.1, -0.05) is 33.6 Å². The van der Waals surface area contributed by atoms with E-state index < -0.39 is 0 Å². The van der Waals surface area contributed by atoms with E-state index in [4.69, 9.17) is 6.42 Å². The van der Waals surface area contributed by atoms with Crippen molar-refractivity contribution in [2.24, 2.45) is 16.7 Å². The zero-order valence-electron chi connectivity index (χ0n) is 9.72. The molecule has 0 N–H and O–H groups in total. The molecule has 0 saturated heterocycles. The van der Waals surface area contributed by atoms with Gasteiger partial charge in [-0.15, -0.1) is 6.42 Å². The number of amides is 1. The summed E-state index contributed by atoms with van der Waals surface area (Å²) in [5.74, 6) is 2.79. The molecule has 0 heterocycles. The minimum absolute atomic E-state index is 0.104. The number of terminal acetylenes is 1. The minimum Gasteiger partial charge on any atom is -0.334 e. The number of carbonyl (C=O) groups excluding carboxylic acids is 1. The lowest BCUT2D eigenvalue weighted by Crippen LogP contribution is -2.30. The standard InChI is InChI=1S/C12H19NO/c1-7-8-13(6)10(14)9-11(2,3)12(9,4)5/h1,9H,8H2,2-6H3. The van der Waals surface area contributed by atoms with Crippen molar-refractivity contribution in [1.82, 2.24) is 4.90 Å². The molecule has 1 rings (SSSR count). The second kappa shape index (κ2) is 3.02. The van der Waals surface area contributed by atoms with Gasteiger partial charge in [0.2, 0.25) is 5.91 Å². The molecule has 0 aromatic carbocycles. The van der Waals surface area contributed by atoms with Crippen LogP contribution in [-0.4, -0.2) is 24.4 Å². The van der Waals surface area contributed by atoms with Gasteiger partial charge in [-0.2, -0.15) is 0 Å². The average molecular weight is 193 g/mol. The maximum absolute atomic E-state index is 12.0. The van der Waals surface area contributed by atoms with E-state index in [0.717, 1.165) is 0 Å². The third kappa shape index (κ3) is 1.32. The summed E-state index contributed by atoms with van der Waals surface area (Å²) < 4.78 is 0. The van der Waals surface area contributed by atoms with Crippen LogP contribution in [0.25, 0.3) is 0 Å². The smallest absolute Gasteiger partial charge is 0.227 e. The van der Waals surface area contributed by atoms with Gasteiger partial charge in [0.05, 0.1) is 6.54 Å². The molecule has 0 aromatic rings. The lowest BCUT2D eigenvalue weighted by Gasteiger charge is -2.14. The molecule has 0 spiro atoms. The van der Waals surface area contributed by atoms with E-state index >= 15 is 0 Å². The van der Waals surface area contributed by atoms with Crippen molar-refractivity contribution < 1.29 is 4.79 Å². The fraction of sp³-hybridized carbons (Fsp3) is 0.750. The van der Waals surface area contributed by atoms with Crippen molar-refractivity contribution >= 4 is 5.91 Å². The van der Waals surface area contributed by atoms with Crippen LogP contribution in [0.2, 0.25) is 0 Å². The van der Waals surface area contributed by atoms with Crippen LogP contribution in [0.5, 0.6) is 0 Å². The van der Waals surface area contributed by atoms with Gasteiger partial charge in [0, 0.05) is 13.0 Å². The maximum atomic E-state index is 12.0. The molecule has 0 atom stereocenters. The highest BCUT2D eigenvalue weighted by atomic mass is 16.2. The van der Waals surface area contributed by atoms with Gasteiger partial charge < -0.3 is 4.90 Å². The predicted molar refractivity (Wildman–Crippen MR) is 57.5 cm³/mol. The van der Waals surface area contributed by atoms with Crippen LogP contribution in [0.15, 0.2) is 0 Å². The Bertz CT molecular complexity index is 282. The van der Waals surface area contributed by atoms with Crippen LogP contribution in [0.4, 0.5) is 0 Å². The normalized spacial score (nSPS) is 22.6. The topological polar surface area (TPSA) is 20.3 Å². The summed E-state index contributed by atoms with van der Waals surface area (Å²) >= 11 is 0. The second-order valence-electron chi connectivity index (χ2n) is 5.27. The molecule has 1 fully saturated rings. The molecule has 0 aromatic heterocycles. The van der Waals surface area contributed by atoms with E-state index in [1.165, 1.54) is 0 Å². The van der Waals surface area contributed by atoms with E-state index in [0.29, 0.717) is 6.54 Å². The predicted octanol–water partition coefficient (Wildman–Crippen LogP) is 1.76. The van der Waals surface area contributed by atoms with Crippen molar-refractivity contribution in [3.8, 4) is 12.3 Å².